The van der Waals surface area contributed by atoms with Gasteiger partial charge in [0.1, 0.15) is 17.4 Å². The van der Waals surface area contributed by atoms with Crippen molar-refractivity contribution in [2.45, 2.75) is 58.6 Å². The molecule has 4 aromatic rings. The second-order valence-electron chi connectivity index (χ2n) is 11.5. The second-order valence-corrected chi connectivity index (χ2v) is 12.4. The Balaban J connectivity index is 1.31. The van der Waals surface area contributed by atoms with E-state index in [-0.39, 0.29) is 25.5 Å². The Labute approximate surface area is 270 Å². The molecule has 1 aromatic heterocycles. The van der Waals surface area contributed by atoms with Crippen LogP contribution in [0.1, 0.15) is 61.6 Å². The molecule has 0 bridgehead atoms. The molecule has 0 spiro atoms. The minimum absolute atomic E-state index is 0.0634. The van der Waals surface area contributed by atoms with E-state index in [0.29, 0.717) is 18.2 Å². The molecule has 4 rings (SSSR count). The van der Waals surface area contributed by atoms with Crippen LogP contribution in [0.3, 0.4) is 0 Å². The molecule has 238 valence electrons. The molecule has 0 aliphatic heterocycles. The van der Waals surface area contributed by atoms with Gasteiger partial charge >= 0.3 is 5.97 Å². The minimum atomic E-state index is -0.999. The molecular formula is C36H44N4O4S. The van der Waals surface area contributed by atoms with Crippen LogP contribution in [-0.2, 0) is 22.7 Å². The number of carboxylic acids is 1. The highest BCUT2D eigenvalue weighted by molar-refractivity contribution is 7.09. The molecule has 0 aliphatic rings. The first-order chi connectivity index (χ1) is 21.7. The van der Waals surface area contributed by atoms with E-state index in [1.165, 1.54) is 42.6 Å². The number of carbonyl (C=O) groups is 2. The van der Waals surface area contributed by atoms with Gasteiger partial charge < -0.3 is 20.1 Å². The van der Waals surface area contributed by atoms with Crippen molar-refractivity contribution in [1.82, 2.24) is 9.88 Å². The molecule has 0 atom stereocenters. The van der Waals surface area contributed by atoms with E-state index in [2.05, 4.69) is 43.4 Å². The molecular weight excluding hydrogens is 584 g/mol. The van der Waals surface area contributed by atoms with Gasteiger partial charge in [-0.25, -0.2) is 4.98 Å². The largest absolute Gasteiger partial charge is 0.489 e. The summed E-state index contributed by atoms with van der Waals surface area (Å²) in [5, 5.41) is 15.0. The number of carbonyl (C=O) groups excluding carboxylic acids is 1. The van der Waals surface area contributed by atoms with E-state index in [1.54, 1.807) is 4.90 Å². The Hall–Kier alpha value is -4.21. The monoisotopic (exact) mass is 628 g/mol. The zero-order valence-corrected chi connectivity index (χ0v) is 27.5. The average molecular weight is 629 g/mol. The Morgan fingerprint density at radius 3 is 2.18 bits per heavy atom. The van der Waals surface area contributed by atoms with Crippen LogP contribution in [0.5, 0.6) is 5.75 Å². The van der Waals surface area contributed by atoms with Crippen molar-refractivity contribution in [1.29, 1.82) is 0 Å². The number of benzene rings is 3. The molecule has 0 unspecified atom stereocenters. The Kier molecular flexibility index (Phi) is 12.5. The van der Waals surface area contributed by atoms with Gasteiger partial charge in [-0.3, -0.25) is 14.5 Å². The number of nitrogens with one attached hydrogen (secondary N) is 1. The molecule has 8 nitrogen and oxygen atoms in total. The van der Waals surface area contributed by atoms with Crippen LogP contribution >= 0.6 is 11.3 Å². The summed E-state index contributed by atoms with van der Waals surface area (Å²) in [6, 6.07) is 24.1. The maximum Gasteiger partial charge on any atom is 0.317 e. The number of amides is 1. The summed E-state index contributed by atoms with van der Waals surface area (Å²) in [7, 11) is 3.90. The third kappa shape index (κ3) is 10.4. The van der Waals surface area contributed by atoms with Crippen molar-refractivity contribution in [3.63, 3.8) is 0 Å². The van der Waals surface area contributed by atoms with Gasteiger partial charge in [0, 0.05) is 36.4 Å². The molecule has 1 amide bonds. The van der Waals surface area contributed by atoms with Gasteiger partial charge in [0.25, 0.3) is 0 Å². The number of anilines is 2. The summed E-state index contributed by atoms with van der Waals surface area (Å²) < 4.78 is 6.05. The highest BCUT2D eigenvalue weighted by Crippen LogP contribution is 2.28. The number of thiazole rings is 1. The van der Waals surface area contributed by atoms with Crippen molar-refractivity contribution >= 4 is 34.6 Å². The van der Waals surface area contributed by atoms with E-state index >= 15 is 0 Å². The highest BCUT2D eigenvalue weighted by Gasteiger charge is 2.17. The van der Waals surface area contributed by atoms with Gasteiger partial charge in [-0.1, -0.05) is 63.1 Å². The number of rotatable bonds is 17. The lowest BCUT2D eigenvalue weighted by Gasteiger charge is -2.19. The number of ether oxygens (including phenoxy) is 1. The van der Waals surface area contributed by atoms with Gasteiger partial charge in [0.15, 0.2) is 0 Å². The first-order valence-corrected chi connectivity index (χ1v) is 16.4. The van der Waals surface area contributed by atoms with Crippen LogP contribution in [0.2, 0.25) is 0 Å². The van der Waals surface area contributed by atoms with Gasteiger partial charge in [-0.2, -0.15) is 0 Å². The van der Waals surface area contributed by atoms with E-state index in [1.807, 2.05) is 72.9 Å². The van der Waals surface area contributed by atoms with Crippen LogP contribution in [0.4, 0.5) is 11.4 Å². The SMILES string of the molecule is CCCC(CCC)c1ccc(OCc2ccc(-c3csc(CN(CC(=O)O)CC(=O)Nc4ccc(N(C)C)cc4)n3)cc2)cc1. The van der Waals surface area contributed by atoms with Gasteiger partial charge in [-0.15, -0.1) is 11.3 Å². The topological polar surface area (TPSA) is 95.0 Å². The molecule has 1 heterocycles. The van der Waals surface area contributed by atoms with E-state index < -0.39 is 5.97 Å². The quantitative estimate of drug-likeness (QED) is 0.124. The van der Waals surface area contributed by atoms with Crippen LogP contribution in [0.15, 0.2) is 78.2 Å². The first-order valence-electron chi connectivity index (χ1n) is 15.5. The number of hydrogen-bond donors (Lipinski definition) is 2. The van der Waals surface area contributed by atoms with E-state index in [9.17, 15) is 14.7 Å². The standard InChI is InChI=1S/C36H44N4O4S/c1-5-7-27(8-6-2)28-13-19-32(20-14-28)44-24-26-9-11-29(12-10-26)33-25-45-35(38-33)22-40(23-36(42)43)21-34(41)37-30-15-17-31(18-16-30)39(3)4/h9-20,25,27H,5-8,21-24H2,1-4H3,(H,37,41)(H,42,43). The third-order valence-corrected chi connectivity index (χ3v) is 8.42. The van der Waals surface area contributed by atoms with Crippen LogP contribution in [0, 0.1) is 0 Å². The smallest absolute Gasteiger partial charge is 0.317 e. The fourth-order valence-corrected chi connectivity index (χ4v) is 6.11. The van der Waals surface area contributed by atoms with E-state index in [0.717, 1.165) is 33.3 Å². The summed E-state index contributed by atoms with van der Waals surface area (Å²) in [5.74, 6) is 0.197. The Morgan fingerprint density at radius 1 is 0.911 bits per heavy atom. The Bertz CT molecular complexity index is 1500. The third-order valence-electron chi connectivity index (χ3n) is 7.59. The lowest BCUT2D eigenvalue weighted by atomic mass is 9.90. The molecule has 0 aliphatic carbocycles. The summed E-state index contributed by atoms with van der Waals surface area (Å²) in [5.41, 5.74) is 5.90. The number of nitrogens with zero attached hydrogens (tertiary/aromatic N) is 3. The zero-order valence-electron chi connectivity index (χ0n) is 26.7. The number of carboxylic acid groups (broad SMARTS) is 1. The average Bonchev–Trinajstić information content (AvgIpc) is 3.48. The molecule has 0 saturated carbocycles. The highest BCUT2D eigenvalue weighted by atomic mass is 32.1. The maximum atomic E-state index is 12.7. The Morgan fingerprint density at radius 2 is 1.58 bits per heavy atom. The van der Waals surface area contributed by atoms with Crippen LogP contribution in [0.25, 0.3) is 11.3 Å². The summed E-state index contributed by atoms with van der Waals surface area (Å²) in [4.78, 5) is 32.5. The molecule has 0 radical (unpaired) electrons. The molecule has 2 N–H and O–H groups in total. The number of hydrogen-bond acceptors (Lipinski definition) is 7. The fourth-order valence-electron chi connectivity index (χ4n) is 5.26. The number of aliphatic carboxylic acids is 1. The predicted octanol–water partition coefficient (Wildman–Crippen LogP) is 7.66. The summed E-state index contributed by atoms with van der Waals surface area (Å²) in [6.07, 6.45) is 4.81. The lowest BCUT2D eigenvalue weighted by molar-refractivity contribution is -0.138. The van der Waals surface area contributed by atoms with Gasteiger partial charge in [0.05, 0.1) is 25.3 Å². The molecule has 45 heavy (non-hydrogen) atoms. The van der Waals surface area contributed by atoms with Crippen LogP contribution in [-0.4, -0.2) is 54.1 Å². The minimum Gasteiger partial charge on any atom is -0.489 e. The zero-order chi connectivity index (χ0) is 32.2. The van der Waals surface area contributed by atoms with Crippen molar-refractivity contribution in [2.24, 2.45) is 0 Å². The van der Waals surface area contributed by atoms with Crippen molar-refractivity contribution < 1.29 is 19.4 Å². The summed E-state index contributed by atoms with van der Waals surface area (Å²) in [6.45, 7) is 4.88. The predicted molar refractivity (Wildman–Crippen MR) is 183 cm³/mol. The normalized spacial score (nSPS) is 11.2. The maximum absolute atomic E-state index is 12.7. The van der Waals surface area contributed by atoms with E-state index in [4.69, 9.17) is 9.72 Å². The lowest BCUT2D eigenvalue weighted by Crippen LogP contribution is -2.36. The molecule has 0 saturated heterocycles. The number of aromatic nitrogens is 1. The van der Waals surface area contributed by atoms with Gasteiger partial charge in [0.2, 0.25) is 5.91 Å². The van der Waals surface area contributed by atoms with Crippen LogP contribution < -0.4 is 15.0 Å². The molecule has 0 fully saturated rings. The van der Waals surface area contributed by atoms with Crippen molar-refractivity contribution in [3.05, 3.63) is 94.3 Å². The molecule has 9 heteroatoms. The molecule has 3 aromatic carbocycles. The first kappa shape index (κ1) is 33.7. The fraction of sp³-hybridized carbons (Fsp3) is 0.361. The van der Waals surface area contributed by atoms with Crippen molar-refractivity contribution in [2.75, 3.05) is 37.4 Å². The van der Waals surface area contributed by atoms with Crippen molar-refractivity contribution in [3.8, 4) is 17.0 Å². The summed E-state index contributed by atoms with van der Waals surface area (Å²) >= 11 is 1.45. The second kappa shape index (κ2) is 16.7. The van der Waals surface area contributed by atoms with Gasteiger partial charge in [-0.05, 0) is 66.3 Å².